The molecule has 0 bridgehead atoms. The number of benzene rings is 3. The molecule has 0 saturated heterocycles. The van der Waals surface area contributed by atoms with Crippen molar-refractivity contribution < 1.29 is 31.5 Å². The number of hydrogen-bond donors (Lipinski definition) is 2. The minimum atomic E-state index is -4.71. The maximum atomic E-state index is 13.4. The minimum Gasteiger partial charge on any atom is -0.392 e. The fourth-order valence-electron chi connectivity index (χ4n) is 3.23. The van der Waals surface area contributed by atoms with Crippen LogP contribution in [0.15, 0.2) is 77.7 Å². The van der Waals surface area contributed by atoms with Gasteiger partial charge in [-0.05, 0) is 55.0 Å². The van der Waals surface area contributed by atoms with Gasteiger partial charge >= 0.3 is 6.18 Å². The Morgan fingerprint density at radius 1 is 1.00 bits per heavy atom. The van der Waals surface area contributed by atoms with Crippen LogP contribution < -0.4 is 9.62 Å². The molecule has 3 rings (SSSR count). The van der Waals surface area contributed by atoms with Crippen molar-refractivity contribution in [2.75, 3.05) is 16.2 Å². The number of nitrogens with zero attached hydrogens (tertiary/aromatic N) is 1. The molecule has 0 spiro atoms. The topological polar surface area (TPSA) is 86.7 Å². The third kappa shape index (κ3) is 6.15. The number of aliphatic hydroxyl groups excluding tert-OH is 1. The number of aryl methyl sites for hydroxylation is 1. The molecule has 0 aliphatic rings. The Bertz CT molecular complexity index is 1260. The molecule has 6 nitrogen and oxygen atoms in total. The summed E-state index contributed by atoms with van der Waals surface area (Å²) in [4.78, 5) is 12.0. The van der Waals surface area contributed by atoms with Gasteiger partial charge in [-0.25, -0.2) is 8.42 Å². The van der Waals surface area contributed by atoms with Crippen LogP contribution in [0, 0.1) is 6.92 Å². The first-order valence-electron chi connectivity index (χ1n) is 10.3. The zero-order valence-corrected chi connectivity index (χ0v) is 19.0. The van der Waals surface area contributed by atoms with Crippen LogP contribution >= 0.6 is 0 Å². The van der Waals surface area contributed by atoms with Gasteiger partial charge in [0.05, 0.1) is 22.8 Å². The molecule has 0 unspecified atom stereocenters. The van der Waals surface area contributed by atoms with Crippen LogP contribution in [0.3, 0.4) is 0 Å². The molecule has 3 aromatic carbocycles. The number of nitrogens with one attached hydrogen (secondary N) is 1. The Kier molecular flexibility index (Phi) is 7.63. The molecule has 0 aromatic heterocycles. The van der Waals surface area contributed by atoms with Crippen molar-refractivity contribution >= 4 is 27.3 Å². The second-order valence-electron chi connectivity index (χ2n) is 7.59. The third-order valence-corrected chi connectivity index (χ3v) is 6.83. The van der Waals surface area contributed by atoms with E-state index in [1.54, 1.807) is 36.4 Å². The monoisotopic (exact) mass is 492 g/mol. The summed E-state index contributed by atoms with van der Waals surface area (Å²) in [6.07, 6.45) is -4.96. The van der Waals surface area contributed by atoms with Gasteiger partial charge in [-0.1, -0.05) is 35.9 Å². The molecule has 0 heterocycles. The van der Waals surface area contributed by atoms with Gasteiger partial charge in [0, 0.05) is 18.7 Å². The van der Waals surface area contributed by atoms with Crippen molar-refractivity contribution in [3.05, 3.63) is 89.5 Å². The Morgan fingerprint density at radius 2 is 1.68 bits per heavy atom. The molecular formula is C24H23F3N2O4S. The predicted octanol–water partition coefficient (Wildman–Crippen LogP) is 4.73. The SMILES string of the molecule is Cc1ccc(N(CCC(=O)Nc2cccc(CO)c2)S(=O)(=O)c2cccc(C(F)(F)F)c2)cc1. The largest absolute Gasteiger partial charge is 0.416 e. The van der Waals surface area contributed by atoms with Gasteiger partial charge in [0.25, 0.3) is 10.0 Å². The van der Waals surface area contributed by atoms with E-state index in [0.29, 0.717) is 17.3 Å². The maximum Gasteiger partial charge on any atom is 0.416 e. The summed E-state index contributed by atoms with van der Waals surface area (Å²) in [5.74, 6) is -0.494. The average molecular weight is 493 g/mol. The molecule has 180 valence electrons. The van der Waals surface area contributed by atoms with E-state index in [4.69, 9.17) is 0 Å². The van der Waals surface area contributed by atoms with Gasteiger partial charge in [0.15, 0.2) is 0 Å². The van der Waals surface area contributed by atoms with Gasteiger partial charge in [-0.3, -0.25) is 9.10 Å². The van der Waals surface area contributed by atoms with E-state index < -0.39 is 32.6 Å². The Labute approximate surface area is 195 Å². The normalized spacial score (nSPS) is 11.8. The van der Waals surface area contributed by atoms with Crippen LogP contribution in [0.4, 0.5) is 24.5 Å². The lowest BCUT2D eigenvalue weighted by Crippen LogP contribution is -2.34. The number of halogens is 3. The second kappa shape index (κ2) is 10.3. The van der Waals surface area contributed by atoms with Gasteiger partial charge < -0.3 is 10.4 Å². The second-order valence-corrected chi connectivity index (χ2v) is 9.46. The zero-order chi connectivity index (χ0) is 24.9. The Hall–Kier alpha value is -3.37. The standard InChI is InChI=1S/C24H23F3N2O4S/c1-17-8-10-21(11-9-17)29(13-12-23(31)28-20-6-2-4-18(14-20)16-30)34(32,33)22-7-3-5-19(15-22)24(25,26)27/h2-11,14-15,30H,12-13,16H2,1H3,(H,28,31). The summed E-state index contributed by atoms with van der Waals surface area (Å²) in [5, 5.41) is 11.9. The molecule has 1 amide bonds. The quantitative estimate of drug-likeness (QED) is 0.476. The van der Waals surface area contributed by atoms with E-state index in [-0.39, 0.29) is 25.3 Å². The molecule has 10 heteroatoms. The van der Waals surface area contributed by atoms with E-state index in [1.807, 2.05) is 6.92 Å². The van der Waals surface area contributed by atoms with Crippen LogP contribution in [0.1, 0.15) is 23.1 Å². The molecule has 0 aliphatic heterocycles. The van der Waals surface area contributed by atoms with Gasteiger partial charge in [0.2, 0.25) is 5.91 Å². The van der Waals surface area contributed by atoms with Crippen LogP contribution in [-0.2, 0) is 27.6 Å². The molecular weight excluding hydrogens is 469 g/mol. The van der Waals surface area contributed by atoms with Gasteiger partial charge in [-0.15, -0.1) is 0 Å². The van der Waals surface area contributed by atoms with Crippen molar-refractivity contribution in [2.45, 2.75) is 31.0 Å². The summed E-state index contributed by atoms with van der Waals surface area (Å²) in [6, 6.07) is 16.4. The first kappa shape index (κ1) is 25.3. The van der Waals surface area contributed by atoms with Gasteiger partial charge in [0.1, 0.15) is 0 Å². The van der Waals surface area contributed by atoms with Gasteiger partial charge in [-0.2, -0.15) is 13.2 Å². The lowest BCUT2D eigenvalue weighted by Gasteiger charge is -2.25. The fourth-order valence-corrected chi connectivity index (χ4v) is 4.75. The Balaban J connectivity index is 1.88. The minimum absolute atomic E-state index is 0.208. The van der Waals surface area contributed by atoms with E-state index in [2.05, 4.69) is 5.32 Å². The number of alkyl halides is 3. The number of sulfonamides is 1. The van der Waals surface area contributed by atoms with E-state index in [1.165, 1.54) is 12.1 Å². The number of anilines is 2. The molecule has 3 aromatic rings. The fraction of sp³-hybridized carbons (Fsp3) is 0.208. The highest BCUT2D eigenvalue weighted by Gasteiger charge is 2.33. The molecule has 34 heavy (non-hydrogen) atoms. The molecule has 0 fully saturated rings. The highest BCUT2D eigenvalue weighted by atomic mass is 32.2. The molecule has 0 atom stereocenters. The summed E-state index contributed by atoms with van der Waals surface area (Å²) in [6.45, 7) is 1.30. The number of carbonyl (C=O) groups is 1. The lowest BCUT2D eigenvalue weighted by atomic mass is 10.2. The molecule has 0 radical (unpaired) electrons. The van der Waals surface area contributed by atoms with Crippen LogP contribution in [-0.4, -0.2) is 26.0 Å². The summed E-state index contributed by atoms with van der Waals surface area (Å²) in [5.41, 5.74) is 1.02. The van der Waals surface area contributed by atoms with Crippen molar-refractivity contribution in [1.29, 1.82) is 0 Å². The number of carbonyl (C=O) groups excluding carboxylic acids is 1. The predicted molar refractivity (Wildman–Crippen MR) is 123 cm³/mol. The summed E-state index contributed by atoms with van der Waals surface area (Å²) in [7, 11) is -4.41. The molecule has 0 aliphatic carbocycles. The number of hydrogen-bond acceptors (Lipinski definition) is 4. The third-order valence-electron chi connectivity index (χ3n) is 5.01. The summed E-state index contributed by atoms with van der Waals surface area (Å²) >= 11 is 0. The number of aliphatic hydroxyl groups is 1. The zero-order valence-electron chi connectivity index (χ0n) is 18.2. The summed E-state index contributed by atoms with van der Waals surface area (Å²) < 4.78 is 67.1. The van der Waals surface area contributed by atoms with E-state index in [9.17, 15) is 31.5 Å². The van der Waals surface area contributed by atoms with E-state index in [0.717, 1.165) is 28.1 Å². The van der Waals surface area contributed by atoms with Crippen molar-refractivity contribution in [2.24, 2.45) is 0 Å². The maximum absolute atomic E-state index is 13.4. The first-order chi connectivity index (χ1) is 16.0. The van der Waals surface area contributed by atoms with Crippen LogP contribution in [0.25, 0.3) is 0 Å². The van der Waals surface area contributed by atoms with E-state index >= 15 is 0 Å². The number of rotatable bonds is 8. The highest BCUT2D eigenvalue weighted by Crippen LogP contribution is 2.32. The van der Waals surface area contributed by atoms with Crippen LogP contribution in [0.5, 0.6) is 0 Å². The smallest absolute Gasteiger partial charge is 0.392 e. The lowest BCUT2D eigenvalue weighted by molar-refractivity contribution is -0.137. The first-order valence-corrected chi connectivity index (χ1v) is 11.7. The van der Waals surface area contributed by atoms with Crippen molar-refractivity contribution in [3.63, 3.8) is 0 Å². The van der Waals surface area contributed by atoms with Crippen molar-refractivity contribution in [3.8, 4) is 0 Å². The number of amides is 1. The van der Waals surface area contributed by atoms with Crippen LogP contribution in [0.2, 0.25) is 0 Å². The molecule has 2 N–H and O–H groups in total. The Morgan fingerprint density at radius 3 is 2.32 bits per heavy atom. The average Bonchev–Trinajstić information content (AvgIpc) is 2.80. The highest BCUT2D eigenvalue weighted by molar-refractivity contribution is 7.92. The molecule has 0 saturated carbocycles. The van der Waals surface area contributed by atoms with Crippen molar-refractivity contribution in [1.82, 2.24) is 0 Å².